The Morgan fingerprint density at radius 3 is 1.20 bits per heavy atom. The molecule has 0 aliphatic rings. The zero-order valence-electron chi connectivity index (χ0n) is 39.2. The van der Waals surface area contributed by atoms with Gasteiger partial charge in [-0.1, -0.05) is 204 Å². The van der Waals surface area contributed by atoms with Crippen molar-refractivity contribution in [2.24, 2.45) is 0 Å². The standard InChI is InChI=1S/C53H99NO5/c1-3-5-7-9-11-13-15-17-19-21-23-25-29-33-37-41-45-51(56)50(49-55)54-52(57)46-42-38-34-30-27-28-32-36-40-44-48-59-53(58)47-43-39-35-31-26-24-22-20-18-16-14-12-10-8-6-4-2/h20,22,28,32,41,45,50-51,55-56H,3-19,21,23-27,29-31,33-40,42-44,46-49H2,1-2H3,(H,54,57)/b22-20-,32-28-,45-41+. The van der Waals surface area contributed by atoms with Crippen molar-refractivity contribution in [2.45, 2.75) is 276 Å². The molecule has 346 valence electrons. The molecule has 0 rings (SSSR count). The second-order valence-corrected chi connectivity index (χ2v) is 17.5. The summed E-state index contributed by atoms with van der Waals surface area (Å²) in [7, 11) is 0. The highest BCUT2D eigenvalue weighted by Gasteiger charge is 2.18. The molecular formula is C53H99NO5. The van der Waals surface area contributed by atoms with Gasteiger partial charge < -0.3 is 20.3 Å². The van der Waals surface area contributed by atoms with E-state index in [9.17, 15) is 19.8 Å². The molecule has 0 aromatic carbocycles. The monoisotopic (exact) mass is 830 g/mol. The van der Waals surface area contributed by atoms with Gasteiger partial charge in [-0.2, -0.15) is 0 Å². The summed E-state index contributed by atoms with van der Waals surface area (Å²) < 4.78 is 5.43. The molecule has 0 aliphatic carbocycles. The molecular weight excluding hydrogens is 731 g/mol. The normalized spacial score (nSPS) is 12.9. The minimum Gasteiger partial charge on any atom is -0.466 e. The summed E-state index contributed by atoms with van der Waals surface area (Å²) in [6.07, 6.45) is 58.6. The summed E-state index contributed by atoms with van der Waals surface area (Å²) in [4.78, 5) is 24.4. The Morgan fingerprint density at radius 2 is 0.797 bits per heavy atom. The fraction of sp³-hybridized carbons (Fsp3) is 0.849. The van der Waals surface area contributed by atoms with Crippen LogP contribution in [0.3, 0.4) is 0 Å². The molecule has 2 atom stereocenters. The number of aliphatic hydroxyl groups is 2. The second-order valence-electron chi connectivity index (χ2n) is 17.5. The lowest BCUT2D eigenvalue weighted by molar-refractivity contribution is -0.143. The van der Waals surface area contributed by atoms with Gasteiger partial charge in [0, 0.05) is 12.8 Å². The minimum atomic E-state index is -0.866. The van der Waals surface area contributed by atoms with E-state index in [2.05, 4.69) is 43.5 Å². The topological polar surface area (TPSA) is 95.9 Å². The maximum Gasteiger partial charge on any atom is 0.305 e. The molecule has 0 saturated carbocycles. The van der Waals surface area contributed by atoms with Crippen LogP contribution >= 0.6 is 0 Å². The number of nitrogens with one attached hydrogen (secondary N) is 1. The fourth-order valence-corrected chi connectivity index (χ4v) is 7.62. The highest BCUT2D eigenvalue weighted by atomic mass is 16.5. The van der Waals surface area contributed by atoms with Gasteiger partial charge in [0.25, 0.3) is 0 Å². The molecule has 0 fully saturated rings. The van der Waals surface area contributed by atoms with Crippen molar-refractivity contribution in [1.29, 1.82) is 0 Å². The van der Waals surface area contributed by atoms with Crippen LogP contribution in [0.1, 0.15) is 264 Å². The molecule has 0 radical (unpaired) electrons. The van der Waals surface area contributed by atoms with Crippen LogP contribution in [0.5, 0.6) is 0 Å². The van der Waals surface area contributed by atoms with Gasteiger partial charge in [-0.25, -0.2) is 0 Å². The molecule has 59 heavy (non-hydrogen) atoms. The molecule has 0 spiro atoms. The molecule has 6 heteroatoms. The second kappa shape index (κ2) is 48.7. The van der Waals surface area contributed by atoms with Gasteiger partial charge in [-0.05, 0) is 83.5 Å². The van der Waals surface area contributed by atoms with E-state index in [0.717, 1.165) is 77.0 Å². The maximum absolute atomic E-state index is 12.4. The Balaban J connectivity index is 3.57. The number of aliphatic hydroxyl groups excluding tert-OH is 2. The van der Waals surface area contributed by atoms with Gasteiger partial charge in [0.15, 0.2) is 0 Å². The van der Waals surface area contributed by atoms with E-state index >= 15 is 0 Å². The largest absolute Gasteiger partial charge is 0.466 e. The van der Waals surface area contributed by atoms with E-state index < -0.39 is 12.1 Å². The molecule has 0 bridgehead atoms. The van der Waals surface area contributed by atoms with E-state index in [1.165, 1.54) is 161 Å². The number of hydrogen-bond acceptors (Lipinski definition) is 5. The first-order valence-electron chi connectivity index (χ1n) is 25.8. The predicted molar refractivity (Wildman–Crippen MR) is 255 cm³/mol. The van der Waals surface area contributed by atoms with Crippen LogP contribution in [0.15, 0.2) is 36.5 Å². The third-order valence-corrected chi connectivity index (χ3v) is 11.6. The SMILES string of the molecule is CCCCCCCCC/C=C\CCCCCCCC(=O)OCCCC/C=C\CCCCCCC(=O)NC(CO)C(O)/C=C/CCCCCCCCCCCCCCCC. The van der Waals surface area contributed by atoms with Gasteiger partial charge in [-0.15, -0.1) is 0 Å². The fourth-order valence-electron chi connectivity index (χ4n) is 7.62. The van der Waals surface area contributed by atoms with Crippen LogP contribution in [-0.4, -0.2) is 47.4 Å². The van der Waals surface area contributed by atoms with Crippen molar-refractivity contribution in [3.63, 3.8) is 0 Å². The molecule has 0 aliphatic heterocycles. The third kappa shape index (κ3) is 45.4. The molecule has 0 heterocycles. The third-order valence-electron chi connectivity index (χ3n) is 11.6. The van der Waals surface area contributed by atoms with Gasteiger partial charge >= 0.3 is 5.97 Å². The number of unbranched alkanes of at least 4 members (excludes halogenated alkanes) is 32. The number of allylic oxidation sites excluding steroid dienone is 5. The van der Waals surface area contributed by atoms with E-state index in [1.807, 2.05) is 6.08 Å². The number of amides is 1. The van der Waals surface area contributed by atoms with Crippen LogP contribution in [0, 0.1) is 0 Å². The Labute approximate surface area is 366 Å². The lowest BCUT2D eigenvalue weighted by atomic mass is 10.0. The van der Waals surface area contributed by atoms with Crippen molar-refractivity contribution in [3.05, 3.63) is 36.5 Å². The molecule has 6 nitrogen and oxygen atoms in total. The Bertz CT molecular complexity index is 962. The number of esters is 1. The Hall–Kier alpha value is -1.92. The molecule has 0 saturated heterocycles. The minimum absolute atomic E-state index is 0.0463. The molecule has 0 aromatic rings. The number of carbonyl (C=O) groups is 2. The van der Waals surface area contributed by atoms with Gasteiger partial charge in [0.2, 0.25) is 5.91 Å². The van der Waals surface area contributed by atoms with Crippen LogP contribution in [0.2, 0.25) is 0 Å². The molecule has 0 aromatic heterocycles. The van der Waals surface area contributed by atoms with Crippen molar-refractivity contribution in [1.82, 2.24) is 5.32 Å². The average Bonchev–Trinajstić information content (AvgIpc) is 3.24. The lowest BCUT2D eigenvalue weighted by Gasteiger charge is -2.20. The first-order chi connectivity index (χ1) is 29.0. The summed E-state index contributed by atoms with van der Waals surface area (Å²) in [5.41, 5.74) is 0. The number of carbonyl (C=O) groups excluding carboxylic acids is 2. The number of hydrogen-bond donors (Lipinski definition) is 3. The van der Waals surface area contributed by atoms with Gasteiger partial charge in [0.1, 0.15) is 0 Å². The van der Waals surface area contributed by atoms with Gasteiger partial charge in [-0.3, -0.25) is 9.59 Å². The smallest absolute Gasteiger partial charge is 0.305 e. The summed E-state index contributed by atoms with van der Waals surface area (Å²) in [6, 6.07) is -0.654. The highest BCUT2D eigenvalue weighted by molar-refractivity contribution is 5.76. The van der Waals surface area contributed by atoms with Crippen molar-refractivity contribution in [2.75, 3.05) is 13.2 Å². The van der Waals surface area contributed by atoms with E-state index in [0.29, 0.717) is 19.4 Å². The number of ether oxygens (including phenoxy) is 1. The van der Waals surface area contributed by atoms with Gasteiger partial charge in [0.05, 0.1) is 25.4 Å². The lowest BCUT2D eigenvalue weighted by Crippen LogP contribution is -2.45. The van der Waals surface area contributed by atoms with Crippen molar-refractivity contribution in [3.8, 4) is 0 Å². The first kappa shape index (κ1) is 57.1. The summed E-state index contributed by atoms with van der Waals surface area (Å²) in [5, 5.41) is 23.0. The van der Waals surface area contributed by atoms with Crippen molar-refractivity contribution < 1.29 is 24.5 Å². The van der Waals surface area contributed by atoms with E-state index in [-0.39, 0.29) is 18.5 Å². The highest BCUT2D eigenvalue weighted by Crippen LogP contribution is 2.15. The molecule has 1 amide bonds. The predicted octanol–water partition coefficient (Wildman–Crippen LogP) is 15.3. The first-order valence-corrected chi connectivity index (χ1v) is 25.8. The van der Waals surface area contributed by atoms with Crippen molar-refractivity contribution >= 4 is 11.9 Å². The quantitative estimate of drug-likeness (QED) is 0.0323. The number of rotatable bonds is 47. The van der Waals surface area contributed by atoms with Crippen LogP contribution in [-0.2, 0) is 14.3 Å². The van der Waals surface area contributed by atoms with Crippen LogP contribution < -0.4 is 5.32 Å². The van der Waals surface area contributed by atoms with E-state index in [4.69, 9.17) is 4.74 Å². The average molecular weight is 830 g/mol. The molecule has 2 unspecified atom stereocenters. The zero-order chi connectivity index (χ0) is 43.0. The zero-order valence-corrected chi connectivity index (χ0v) is 39.2. The van der Waals surface area contributed by atoms with E-state index in [1.54, 1.807) is 6.08 Å². The summed E-state index contributed by atoms with van der Waals surface area (Å²) in [5.74, 6) is -0.151. The Kier molecular flexibility index (Phi) is 47.2. The Morgan fingerprint density at radius 1 is 0.458 bits per heavy atom. The van der Waals surface area contributed by atoms with Crippen LogP contribution in [0.4, 0.5) is 0 Å². The van der Waals surface area contributed by atoms with Crippen LogP contribution in [0.25, 0.3) is 0 Å². The molecule has 3 N–H and O–H groups in total. The summed E-state index contributed by atoms with van der Waals surface area (Å²) >= 11 is 0. The summed E-state index contributed by atoms with van der Waals surface area (Å²) in [6.45, 7) is 4.80. The maximum atomic E-state index is 12.4.